The molecule has 3 rings (SSSR count). The van der Waals surface area contributed by atoms with E-state index in [9.17, 15) is 4.79 Å². The van der Waals surface area contributed by atoms with E-state index in [0.29, 0.717) is 6.42 Å². The van der Waals surface area contributed by atoms with E-state index in [1.807, 2.05) is 18.3 Å². The monoisotopic (exact) mass is 338 g/mol. The first-order chi connectivity index (χ1) is 12.1. The van der Waals surface area contributed by atoms with E-state index in [-0.39, 0.29) is 18.1 Å². The maximum Gasteiger partial charge on any atom is 0.220 e. The van der Waals surface area contributed by atoms with Crippen LogP contribution in [0.25, 0.3) is 0 Å². The summed E-state index contributed by atoms with van der Waals surface area (Å²) in [5, 5.41) is 3.19. The molecule has 0 saturated carbocycles. The fraction of sp³-hybridized carbons (Fsp3) is 0.429. The smallest absolute Gasteiger partial charge is 0.220 e. The van der Waals surface area contributed by atoms with E-state index in [1.165, 1.54) is 11.1 Å². The van der Waals surface area contributed by atoms with Crippen molar-refractivity contribution in [2.75, 3.05) is 6.61 Å². The Kier molecular flexibility index (Phi) is 5.82. The van der Waals surface area contributed by atoms with E-state index in [2.05, 4.69) is 42.3 Å². The Balaban J connectivity index is 1.75. The van der Waals surface area contributed by atoms with Crippen molar-refractivity contribution in [3.8, 4) is 0 Å². The average Bonchev–Trinajstić information content (AvgIpc) is 3.11. The molecule has 2 atom stereocenters. The van der Waals surface area contributed by atoms with Crippen molar-refractivity contribution in [1.29, 1.82) is 0 Å². The zero-order valence-corrected chi connectivity index (χ0v) is 15.0. The molecule has 1 aromatic heterocycles. The summed E-state index contributed by atoms with van der Waals surface area (Å²) in [6.07, 6.45) is 7.27. The summed E-state index contributed by atoms with van der Waals surface area (Å²) in [7, 11) is 0. The molecule has 1 amide bonds. The summed E-state index contributed by atoms with van der Waals surface area (Å²) in [5.41, 5.74) is 4.48. The molecule has 1 fully saturated rings. The van der Waals surface area contributed by atoms with Gasteiger partial charge in [-0.15, -0.1) is 0 Å². The second-order valence-corrected chi connectivity index (χ2v) is 6.88. The summed E-state index contributed by atoms with van der Waals surface area (Å²) in [4.78, 5) is 16.8. The number of ether oxygens (including phenoxy) is 1. The van der Waals surface area contributed by atoms with Gasteiger partial charge in [0.25, 0.3) is 0 Å². The van der Waals surface area contributed by atoms with Crippen LogP contribution >= 0.6 is 0 Å². The summed E-state index contributed by atoms with van der Waals surface area (Å²) in [6.45, 7) is 4.99. The molecule has 2 heterocycles. The second-order valence-electron chi connectivity index (χ2n) is 6.88. The number of hydrogen-bond acceptors (Lipinski definition) is 3. The fourth-order valence-corrected chi connectivity index (χ4v) is 3.48. The number of nitrogens with one attached hydrogen (secondary N) is 1. The van der Waals surface area contributed by atoms with Crippen LogP contribution in [0.2, 0.25) is 0 Å². The van der Waals surface area contributed by atoms with Gasteiger partial charge in [0.2, 0.25) is 5.91 Å². The van der Waals surface area contributed by atoms with Crippen LogP contribution in [0.15, 0.2) is 42.7 Å². The molecule has 0 radical (unpaired) electrons. The maximum atomic E-state index is 12.5. The third-order valence-electron chi connectivity index (χ3n) is 4.62. The van der Waals surface area contributed by atoms with Crippen molar-refractivity contribution in [3.05, 3.63) is 65.0 Å². The molecule has 1 aromatic carbocycles. The number of carbonyl (C=O) groups excluding carboxylic acids is 1. The van der Waals surface area contributed by atoms with Crippen LogP contribution in [0.5, 0.6) is 0 Å². The number of hydrogen-bond donors (Lipinski definition) is 1. The maximum absolute atomic E-state index is 12.5. The lowest BCUT2D eigenvalue weighted by molar-refractivity contribution is -0.122. The van der Waals surface area contributed by atoms with Gasteiger partial charge in [-0.1, -0.05) is 35.4 Å². The van der Waals surface area contributed by atoms with E-state index >= 15 is 0 Å². The molecular formula is C21H26N2O2. The summed E-state index contributed by atoms with van der Waals surface area (Å²) < 4.78 is 5.62. The van der Waals surface area contributed by atoms with Gasteiger partial charge < -0.3 is 10.1 Å². The molecule has 25 heavy (non-hydrogen) atoms. The van der Waals surface area contributed by atoms with Gasteiger partial charge in [0, 0.05) is 25.4 Å². The normalized spacial score (nSPS) is 18.1. The number of aryl methyl sites for hydroxylation is 2. The first-order valence-corrected chi connectivity index (χ1v) is 9.01. The molecule has 0 bridgehead atoms. The summed E-state index contributed by atoms with van der Waals surface area (Å²) in [6, 6.07) is 10.1. The number of rotatable bonds is 6. The van der Waals surface area contributed by atoms with Crippen LogP contribution in [0, 0.1) is 13.8 Å². The Morgan fingerprint density at radius 2 is 2.08 bits per heavy atom. The molecule has 1 aliphatic heterocycles. The number of benzene rings is 1. The summed E-state index contributed by atoms with van der Waals surface area (Å²) >= 11 is 0. The van der Waals surface area contributed by atoms with Crippen LogP contribution < -0.4 is 5.32 Å². The highest BCUT2D eigenvalue weighted by molar-refractivity contribution is 5.77. The quantitative estimate of drug-likeness (QED) is 0.870. The van der Waals surface area contributed by atoms with E-state index in [1.54, 1.807) is 6.20 Å². The number of aromatic nitrogens is 1. The molecule has 2 aromatic rings. The van der Waals surface area contributed by atoms with Gasteiger partial charge in [-0.2, -0.15) is 0 Å². The Bertz CT molecular complexity index is 689. The zero-order chi connectivity index (χ0) is 17.6. The first kappa shape index (κ1) is 17.6. The number of nitrogens with zero attached hydrogens (tertiary/aromatic N) is 1. The van der Waals surface area contributed by atoms with Crippen molar-refractivity contribution < 1.29 is 9.53 Å². The van der Waals surface area contributed by atoms with Crippen molar-refractivity contribution in [1.82, 2.24) is 10.3 Å². The van der Waals surface area contributed by atoms with Gasteiger partial charge in [0.1, 0.15) is 0 Å². The van der Waals surface area contributed by atoms with Gasteiger partial charge in [-0.05, 0) is 50.3 Å². The lowest BCUT2D eigenvalue weighted by Crippen LogP contribution is -2.30. The van der Waals surface area contributed by atoms with Gasteiger partial charge in [-0.3, -0.25) is 9.78 Å². The SMILES string of the molecule is Cc1cc(C)cc([C@H](NC(=O)CC[C@@H]2CCCO2)c2cccnc2)c1. The first-order valence-electron chi connectivity index (χ1n) is 9.01. The van der Waals surface area contributed by atoms with Crippen LogP contribution in [-0.2, 0) is 9.53 Å². The molecule has 132 valence electrons. The zero-order valence-electron chi connectivity index (χ0n) is 15.0. The van der Waals surface area contributed by atoms with Crippen molar-refractivity contribution in [2.45, 2.75) is 51.7 Å². The molecule has 1 aliphatic rings. The standard InChI is InChI=1S/C21H26N2O2/c1-15-11-16(2)13-18(12-15)21(17-5-3-9-22-14-17)23-20(24)8-7-19-6-4-10-25-19/h3,5,9,11-14,19,21H,4,6-8,10H2,1-2H3,(H,23,24)/t19-,21+/m0/s1. The molecule has 0 spiro atoms. The largest absolute Gasteiger partial charge is 0.378 e. The summed E-state index contributed by atoms with van der Waals surface area (Å²) in [5.74, 6) is 0.0588. The van der Waals surface area contributed by atoms with Gasteiger partial charge >= 0.3 is 0 Å². The molecule has 0 unspecified atom stereocenters. The predicted molar refractivity (Wildman–Crippen MR) is 98.3 cm³/mol. The Labute approximate surface area is 149 Å². The Morgan fingerprint density at radius 1 is 1.28 bits per heavy atom. The van der Waals surface area contributed by atoms with Crippen molar-refractivity contribution >= 4 is 5.91 Å². The lowest BCUT2D eigenvalue weighted by atomic mass is 9.96. The third-order valence-corrected chi connectivity index (χ3v) is 4.62. The molecule has 1 saturated heterocycles. The van der Waals surface area contributed by atoms with Crippen LogP contribution in [0.4, 0.5) is 0 Å². The molecular weight excluding hydrogens is 312 g/mol. The van der Waals surface area contributed by atoms with Crippen molar-refractivity contribution in [2.24, 2.45) is 0 Å². The molecule has 4 heteroatoms. The van der Waals surface area contributed by atoms with Crippen LogP contribution in [0.1, 0.15) is 54.0 Å². The Morgan fingerprint density at radius 3 is 2.72 bits per heavy atom. The highest BCUT2D eigenvalue weighted by atomic mass is 16.5. The van der Waals surface area contributed by atoms with Crippen LogP contribution in [-0.4, -0.2) is 23.6 Å². The molecule has 1 N–H and O–H groups in total. The van der Waals surface area contributed by atoms with Crippen LogP contribution in [0.3, 0.4) is 0 Å². The minimum Gasteiger partial charge on any atom is -0.378 e. The average molecular weight is 338 g/mol. The molecule has 4 nitrogen and oxygen atoms in total. The number of amides is 1. The topological polar surface area (TPSA) is 51.2 Å². The van der Waals surface area contributed by atoms with Crippen molar-refractivity contribution in [3.63, 3.8) is 0 Å². The minimum absolute atomic E-state index is 0.0588. The van der Waals surface area contributed by atoms with E-state index in [4.69, 9.17) is 4.74 Å². The lowest BCUT2D eigenvalue weighted by Gasteiger charge is -2.21. The van der Waals surface area contributed by atoms with E-state index in [0.717, 1.165) is 37.0 Å². The highest BCUT2D eigenvalue weighted by Gasteiger charge is 2.20. The fourth-order valence-electron chi connectivity index (χ4n) is 3.48. The van der Waals surface area contributed by atoms with Gasteiger partial charge in [-0.25, -0.2) is 0 Å². The van der Waals surface area contributed by atoms with Gasteiger partial charge in [0.05, 0.1) is 12.1 Å². The Hall–Kier alpha value is -2.20. The molecule has 0 aliphatic carbocycles. The second kappa shape index (κ2) is 8.26. The van der Waals surface area contributed by atoms with Gasteiger partial charge in [0.15, 0.2) is 0 Å². The number of pyridine rings is 1. The predicted octanol–water partition coefficient (Wildman–Crippen LogP) is 3.86. The highest BCUT2D eigenvalue weighted by Crippen LogP contribution is 2.24. The van der Waals surface area contributed by atoms with E-state index < -0.39 is 0 Å². The number of carbonyl (C=O) groups is 1. The minimum atomic E-state index is -0.177. The third kappa shape index (κ3) is 4.89.